The van der Waals surface area contributed by atoms with Gasteiger partial charge in [-0.25, -0.2) is 0 Å². The van der Waals surface area contributed by atoms with Gasteiger partial charge in [-0.15, -0.1) is 0 Å². The highest BCUT2D eigenvalue weighted by atomic mass is 16.5. The number of fused-ring (bicyclic) bond motifs is 2. The van der Waals surface area contributed by atoms with Crippen LogP contribution < -0.4 is 4.74 Å². The topological polar surface area (TPSA) is 53.3 Å². The third kappa shape index (κ3) is 2.94. The molecule has 1 aliphatic heterocycles. The van der Waals surface area contributed by atoms with E-state index in [1.165, 1.54) is 11.1 Å². The predicted octanol–water partition coefficient (Wildman–Crippen LogP) is 3.98. The molecule has 1 spiro atoms. The fourth-order valence-electron chi connectivity index (χ4n) is 4.44. The Morgan fingerprint density at radius 1 is 1.12 bits per heavy atom. The second kappa shape index (κ2) is 6.84. The summed E-state index contributed by atoms with van der Waals surface area (Å²) < 4.78 is 6.32. The number of ether oxygens (including phenoxy) is 1. The van der Waals surface area contributed by atoms with Crippen LogP contribution in [0, 0.1) is 11.3 Å². The quantitative estimate of drug-likeness (QED) is 0.844. The maximum Gasteiger partial charge on any atom is 0.236 e. The first kappa shape index (κ1) is 16.7. The van der Waals surface area contributed by atoms with E-state index in [1.54, 1.807) is 0 Å². The number of amides is 1. The summed E-state index contributed by atoms with van der Waals surface area (Å²) in [6.45, 7) is 1.43. The number of carbonyl (C=O) groups is 1. The highest BCUT2D eigenvalue weighted by Crippen LogP contribution is 2.52. The first-order valence-electron chi connectivity index (χ1n) is 9.18. The molecule has 4 rings (SSSR count). The van der Waals surface area contributed by atoms with Crippen LogP contribution >= 0.6 is 0 Å². The maximum atomic E-state index is 12.0. The second-order valence-electron chi connectivity index (χ2n) is 7.21. The van der Waals surface area contributed by atoms with Gasteiger partial charge in [0.1, 0.15) is 18.3 Å². The zero-order chi connectivity index (χ0) is 18.0. The standard InChI is InChI=1S/C22H22N2O2/c23-13-10-21(25)24-14-11-22(12-15-24)16-20(18-8-4-5-9-19(18)22)26-17-6-2-1-3-7-17/h1-9,20H,10-12,14-16H2. The number of carbonyl (C=O) groups excluding carboxylic acids is 1. The minimum atomic E-state index is -0.0503. The van der Waals surface area contributed by atoms with Crippen LogP contribution in [0.15, 0.2) is 54.6 Å². The lowest BCUT2D eigenvalue weighted by Crippen LogP contribution is -2.44. The molecular formula is C22H22N2O2. The molecule has 0 aromatic heterocycles. The number of rotatable bonds is 3. The molecule has 0 bridgehead atoms. The third-order valence-corrected chi connectivity index (χ3v) is 5.78. The Labute approximate surface area is 154 Å². The predicted molar refractivity (Wildman–Crippen MR) is 98.6 cm³/mol. The summed E-state index contributed by atoms with van der Waals surface area (Å²) >= 11 is 0. The van der Waals surface area contributed by atoms with Crippen molar-refractivity contribution in [3.63, 3.8) is 0 Å². The number of benzene rings is 2. The molecule has 132 valence electrons. The minimum absolute atomic E-state index is 0.0245. The van der Waals surface area contributed by atoms with Gasteiger partial charge >= 0.3 is 0 Å². The van der Waals surface area contributed by atoms with Crippen molar-refractivity contribution >= 4 is 5.91 Å². The van der Waals surface area contributed by atoms with Crippen molar-refractivity contribution in [2.45, 2.75) is 37.2 Å². The van der Waals surface area contributed by atoms with Crippen molar-refractivity contribution in [1.82, 2.24) is 4.90 Å². The molecule has 1 fully saturated rings. The Balaban J connectivity index is 1.55. The molecule has 1 saturated heterocycles. The van der Waals surface area contributed by atoms with Crippen LogP contribution in [0.5, 0.6) is 5.75 Å². The Bertz CT molecular complexity index is 833. The number of hydrogen-bond acceptors (Lipinski definition) is 3. The number of para-hydroxylation sites is 1. The van der Waals surface area contributed by atoms with Crippen LogP contribution in [0.4, 0.5) is 0 Å². The number of hydrogen-bond donors (Lipinski definition) is 0. The van der Waals surface area contributed by atoms with Gasteiger partial charge in [-0.3, -0.25) is 4.79 Å². The molecule has 2 aromatic carbocycles. The van der Waals surface area contributed by atoms with Gasteiger partial charge in [0.25, 0.3) is 0 Å². The van der Waals surface area contributed by atoms with E-state index >= 15 is 0 Å². The lowest BCUT2D eigenvalue weighted by Gasteiger charge is -2.40. The molecule has 4 nitrogen and oxygen atoms in total. The normalized spacial score (nSPS) is 20.4. The van der Waals surface area contributed by atoms with Crippen LogP contribution in [0.1, 0.15) is 42.9 Å². The van der Waals surface area contributed by atoms with Gasteiger partial charge in [-0.1, -0.05) is 42.5 Å². The van der Waals surface area contributed by atoms with E-state index in [-0.39, 0.29) is 23.8 Å². The van der Waals surface area contributed by atoms with Crippen LogP contribution in [0.3, 0.4) is 0 Å². The maximum absolute atomic E-state index is 12.0. The Morgan fingerprint density at radius 3 is 2.54 bits per heavy atom. The molecule has 1 atom stereocenters. The highest BCUT2D eigenvalue weighted by molar-refractivity contribution is 5.78. The summed E-state index contributed by atoms with van der Waals surface area (Å²) in [5, 5.41) is 8.76. The van der Waals surface area contributed by atoms with Crippen molar-refractivity contribution in [3.05, 3.63) is 65.7 Å². The molecule has 26 heavy (non-hydrogen) atoms. The molecule has 1 heterocycles. The van der Waals surface area contributed by atoms with E-state index in [0.717, 1.165) is 25.0 Å². The molecule has 2 aliphatic rings. The summed E-state index contributed by atoms with van der Waals surface area (Å²) in [5.74, 6) is 0.844. The van der Waals surface area contributed by atoms with Gasteiger partial charge in [-0.2, -0.15) is 5.26 Å². The van der Waals surface area contributed by atoms with Crippen molar-refractivity contribution in [3.8, 4) is 11.8 Å². The number of nitrogens with zero attached hydrogens (tertiary/aromatic N) is 2. The van der Waals surface area contributed by atoms with Gasteiger partial charge in [0.15, 0.2) is 0 Å². The summed E-state index contributed by atoms with van der Waals surface area (Å²) in [7, 11) is 0. The zero-order valence-corrected chi connectivity index (χ0v) is 14.7. The van der Waals surface area contributed by atoms with Gasteiger partial charge in [0, 0.05) is 18.5 Å². The molecule has 0 radical (unpaired) electrons. The van der Waals surface area contributed by atoms with Gasteiger partial charge in [0.2, 0.25) is 5.91 Å². The average molecular weight is 346 g/mol. The number of piperidine rings is 1. The van der Waals surface area contributed by atoms with Crippen molar-refractivity contribution in [1.29, 1.82) is 5.26 Å². The van der Waals surface area contributed by atoms with E-state index in [0.29, 0.717) is 13.1 Å². The summed E-state index contributed by atoms with van der Waals surface area (Å²) in [4.78, 5) is 13.9. The molecule has 1 aliphatic carbocycles. The molecule has 1 unspecified atom stereocenters. The SMILES string of the molecule is N#CCC(=O)N1CCC2(CC1)CC(Oc1ccccc1)c1ccccc12. The van der Waals surface area contributed by atoms with E-state index in [4.69, 9.17) is 10.00 Å². The summed E-state index contributed by atoms with van der Waals surface area (Å²) in [6, 6.07) is 20.5. The summed E-state index contributed by atoms with van der Waals surface area (Å²) in [5.41, 5.74) is 2.71. The van der Waals surface area contributed by atoms with Crippen molar-refractivity contribution in [2.24, 2.45) is 0 Å². The second-order valence-corrected chi connectivity index (χ2v) is 7.21. The van der Waals surface area contributed by atoms with Crippen molar-refractivity contribution in [2.75, 3.05) is 13.1 Å². The molecule has 2 aromatic rings. The highest BCUT2D eigenvalue weighted by Gasteiger charge is 2.46. The molecule has 1 amide bonds. The lowest BCUT2D eigenvalue weighted by molar-refractivity contribution is -0.131. The van der Waals surface area contributed by atoms with Gasteiger partial charge in [-0.05, 0) is 42.5 Å². The number of likely N-dealkylation sites (tertiary alicyclic amines) is 1. The van der Waals surface area contributed by atoms with E-state index in [1.807, 2.05) is 41.3 Å². The monoisotopic (exact) mass is 346 g/mol. The fraction of sp³-hybridized carbons (Fsp3) is 0.364. The van der Waals surface area contributed by atoms with Gasteiger partial charge in [0.05, 0.1) is 6.07 Å². The van der Waals surface area contributed by atoms with Crippen molar-refractivity contribution < 1.29 is 9.53 Å². The summed E-state index contributed by atoms with van der Waals surface area (Å²) in [6.07, 6.45) is 2.83. The van der Waals surface area contributed by atoms with Crippen LogP contribution in [0.25, 0.3) is 0 Å². The zero-order valence-electron chi connectivity index (χ0n) is 14.7. The molecule has 0 N–H and O–H groups in total. The van der Waals surface area contributed by atoms with Crippen LogP contribution in [-0.2, 0) is 10.2 Å². The van der Waals surface area contributed by atoms with Crippen LogP contribution in [-0.4, -0.2) is 23.9 Å². The minimum Gasteiger partial charge on any atom is -0.486 e. The first-order chi connectivity index (χ1) is 12.7. The largest absolute Gasteiger partial charge is 0.486 e. The van der Waals surface area contributed by atoms with E-state index in [9.17, 15) is 4.79 Å². The average Bonchev–Trinajstić information content (AvgIpc) is 2.97. The van der Waals surface area contributed by atoms with E-state index in [2.05, 4.69) is 24.3 Å². The van der Waals surface area contributed by atoms with Crippen LogP contribution in [0.2, 0.25) is 0 Å². The third-order valence-electron chi connectivity index (χ3n) is 5.78. The lowest BCUT2D eigenvalue weighted by atomic mass is 9.73. The molecule has 4 heteroatoms. The Kier molecular flexibility index (Phi) is 4.38. The molecule has 0 saturated carbocycles. The van der Waals surface area contributed by atoms with Gasteiger partial charge < -0.3 is 9.64 Å². The Hall–Kier alpha value is -2.80. The molecular weight excluding hydrogens is 324 g/mol. The fourth-order valence-corrected chi connectivity index (χ4v) is 4.44. The Morgan fingerprint density at radius 2 is 1.81 bits per heavy atom. The smallest absolute Gasteiger partial charge is 0.236 e. The van der Waals surface area contributed by atoms with E-state index < -0.39 is 0 Å². The number of nitriles is 1. The first-order valence-corrected chi connectivity index (χ1v) is 9.18.